The van der Waals surface area contributed by atoms with E-state index in [1.54, 1.807) is 17.5 Å². The van der Waals surface area contributed by atoms with Crippen molar-refractivity contribution >= 4 is 23.1 Å². The molecule has 0 aromatic carbocycles. The van der Waals surface area contributed by atoms with Crippen LogP contribution in [0.4, 0.5) is 5.82 Å². The molecule has 0 spiro atoms. The minimum atomic E-state index is 0.00154. The van der Waals surface area contributed by atoms with Gasteiger partial charge in [-0.05, 0) is 6.92 Å². The molecule has 2 aromatic heterocycles. The third-order valence-corrected chi connectivity index (χ3v) is 4.39. The summed E-state index contributed by atoms with van der Waals surface area (Å²) in [7, 11) is 0. The number of anilines is 1. The Morgan fingerprint density at radius 3 is 2.90 bits per heavy atom. The number of aromatic nitrogens is 3. The van der Waals surface area contributed by atoms with Crippen LogP contribution in [0.15, 0.2) is 11.7 Å². The highest BCUT2D eigenvalue weighted by Gasteiger charge is 2.17. The molecule has 0 aliphatic heterocycles. The summed E-state index contributed by atoms with van der Waals surface area (Å²) in [5.74, 6) is 1.21. The molecule has 7 heteroatoms. The Morgan fingerprint density at radius 1 is 1.48 bits per heavy atom. The van der Waals surface area contributed by atoms with Gasteiger partial charge in [-0.3, -0.25) is 4.79 Å². The van der Waals surface area contributed by atoms with Gasteiger partial charge in [-0.25, -0.2) is 9.97 Å². The zero-order chi connectivity index (χ0) is 15.4. The van der Waals surface area contributed by atoms with Crippen molar-refractivity contribution in [3.63, 3.8) is 0 Å². The molecular weight excluding hydrogens is 286 g/mol. The van der Waals surface area contributed by atoms with E-state index in [0.717, 1.165) is 12.0 Å². The molecular formula is C14H20N5OS+. The van der Waals surface area contributed by atoms with Crippen LogP contribution in [-0.4, -0.2) is 22.4 Å². The molecule has 0 unspecified atom stereocenters. The number of thiazole rings is 1. The number of amides is 1. The molecule has 0 aliphatic rings. The van der Waals surface area contributed by atoms with E-state index in [0.29, 0.717) is 24.7 Å². The van der Waals surface area contributed by atoms with Crippen LogP contribution in [0, 0.1) is 13.8 Å². The van der Waals surface area contributed by atoms with Crippen molar-refractivity contribution in [3.8, 4) is 0 Å². The number of rotatable bonds is 5. The average molecular weight is 306 g/mol. The monoisotopic (exact) mass is 306 g/mol. The molecule has 6 nitrogen and oxygen atoms in total. The third-order valence-electron chi connectivity index (χ3n) is 3.24. The van der Waals surface area contributed by atoms with Crippen LogP contribution in [0.3, 0.4) is 0 Å². The lowest BCUT2D eigenvalue weighted by molar-refractivity contribution is -0.689. The van der Waals surface area contributed by atoms with E-state index in [2.05, 4.69) is 32.3 Å². The Hall–Kier alpha value is -2.02. The molecule has 0 bridgehead atoms. The van der Waals surface area contributed by atoms with Gasteiger partial charge in [0, 0.05) is 33.0 Å². The van der Waals surface area contributed by atoms with Gasteiger partial charge in [0.05, 0.1) is 10.4 Å². The third kappa shape index (κ3) is 3.98. The molecule has 0 fully saturated rings. The number of nitrogens with two attached hydrogens (primary N) is 1. The van der Waals surface area contributed by atoms with Gasteiger partial charge in [-0.15, -0.1) is 0 Å². The second-order valence-corrected chi connectivity index (χ2v) is 5.86. The zero-order valence-electron chi connectivity index (χ0n) is 12.5. The lowest BCUT2D eigenvalue weighted by Crippen LogP contribution is -2.35. The number of hydrogen-bond donors (Lipinski definition) is 2. The molecule has 112 valence electrons. The molecule has 0 saturated carbocycles. The molecule has 21 heavy (non-hydrogen) atoms. The van der Waals surface area contributed by atoms with Gasteiger partial charge >= 0.3 is 0 Å². The van der Waals surface area contributed by atoms with Crippen LogP contribution < -0.4 is 15.6 Å². The van der Waals surface area contributed by atoms with Crippen LogP contribution in [-0.2, 0) is 17.8 Å². The van der Waals surface area contributed by atoms with Crippen molar-refractivity contribution in [1.82, 2.24) is 15.3 Å². The molecule has 3 N–H and O–H groups in total. The number of nitrogen functional groups attached to an aromatic ring is 1. The van der Waals surface area contributed by atoms with Crippen molar-refractivity contribution in [1.29, 1.82) is 0 Å². The van der Waals surface area contributed by atoms with Gasteiger partial charge in [-0.2, -0.15) is 4.57 Å². The van der Waals surface area contributed by atoms with Crippen LogP contribution >= 0.6 is 11.3 Å². The van der Waals surface area contributed by atoms with E-state index < -0.39 is 0 Å². The van der Waals surface area contributed by atoms with Crippen molar-refractivity contribution < 1.29 is 9.36 Å². The Balaban J connectivity index is 2.07. The molecule has 0 radical (unpaired) electrons. The number of aryl methyl sites for hydroxylation is 1. The van der Waals surface area contributed by atoms with Gasteiger partial charge in [0.2, 0.25) is 11.4 Å². The standard InChI is InChI=1S/C14H19N5OS/c1-9-13(4-5-16-11(3)20)21-8-19(9)7-12-6-17-10(2)18-14(12)15/h6,8H,4-5,7H2,1-3H3,(H2-,15,16,17,18,20)/p+1. The second kappa shape index (κ2) is 6.62. The van der Waals surface area contributed by atoms with Crippen LogP contribution in [0.5, 0.6) is 0 Å². The zero-order valence-corrected chi connectivity index (χ0v) is 13.3. The molecule has 0 atom stereocenters. The van der Waals surface area contributed by atoms with Crippen molar-refractivity contribution in [2.75, 3.05) is 12.3 Å². The average Bonchev–Trinajstić information content (AvgIpc) is 2.74. The summed E-state index contributed by atoms with van der Waals surface area (Å²) in [6, 6.07) is 0. The Morgan fingerprint density at radius 2 is 2.24 bits per heavy atom. The summed E-state index contributed by atoms with van der Waals surface area (Å²) < 4.78 is 2.14. The minimum absolute atomic E-state index is 0.00154. The Labute approximate surface area is 128 Å². The fraction of sp³-hybridized carbons (Fsp3) is 0.429. The van der Waals surface area contributed by atoms with Gasteiger partial charge in [0.25, 0.3) is 0 Å². The molecule has 2 aromatic rings. The van der Waals surface area contributed by atoms with Crippen LogP contribution in [0.25, 0.3) is 0 Å². The lowest BCUT2D eigenvalue weighted by atomic mass is 10.2. The Kier molecular flexibility index (Phi) is 4.85. The highest BCUT2D eigenvalue weighted by Crippen LogP contribution is 2.13. The fourth-order valence-corrected chi connectivity index (χ4v) is 3.01. The van der Waals surface area contributed by atoms with E-state index in [-0.39, 0.29) is 5.91 Å². The minimum Gasteiger partial charge on any atom is -0.383 e. The molecule has 0 aliphatic carbocycles. The summed E-state index contributed by atoms with van der Waals surface area (Å²) >= 11 is 1.69. The van der Waals surface area contributed by atoms with Gasteiger partial charge in [0.15, 0.2) is 12.2 Å². The number of hydrogen-bond acceptors (Lipinski definition) is 5. The summed E-state index contributed by atoms with van der Waals surface area (Å²) in [5, 5.41) is 2.81. The van der Waals surface area contributed by atoms with Crippen molar-refractivity contribution in [2.24, 2.45) is 0 Å². The SMILES string of the molecule is CC(=O)NCCc1sc[n+](Cc2cnc(C)nc2N)c1C. The van der Waals surface area contributed by atoms with E-state index in [1.165, 1.54) is 17.5 Å². The van der Waals surface area contributed by atoms with E-state index in [4.69, 9.17) is 5.73 Å². The van der Waals surface area contributed by atoms with Crippen LogP contribution in [0.2, 0.25) is 0 Å². The topological polar surface area (TPSA) is 84.8 Å². The second-order valence-electron chi connectivity index (χ2n) is 4.92. The lowest BCUT2D eigenvalue weighted by Gasteiger charge is -2.02. The van der Waals surface area contributed by atoms with Crippen molar-refractivity contribution in [3.05, 3.63) is 33.7 Å². The van der Waals surface area contributed by atoms with Gasteiger partial charge in [0.1, 0.15) is 11.6 Å². The highest BCUT2D eigenvalue weighted by atomic mass is 32.1. The number of nitrogens with one attached hydrogen (secondary N) is 1. The molecule has 2 heterocycles. The van der Waals surface area contributed by atoms with Crippen molar-refractivity contribution in [2.45, 2.75) is 33.7 Å². The maximum Gasteiger partial charge on any atom is 0.225 e. The maximum atomic E-state index is 10.9. The summed E-state index contributed by atoms with van der Waals surface area (Å²) in [6.45, 7) is 6.75. The quantitative estimate of drug-likeness (QED) is 0.798. The summed E-state index contributed by atoms with van der Waals surface area (Å²) in [4.78, 5) is 20.5. The van der Waals surface area contributed by atoms with E-state index in [1.807, 2.05) is 6.92 Å². The van der Waals surface area contributed by atoms with E-state index in [9.17, 15) is 4.79 Å². The highest BCUT2D eigenvalue weighted by molar-refractivity contribution is 7.09. The molecule has 0 saturated heterocycles. The predicted molar refractivity (Wildman–Crippen MR) is 81.9 cm³/mol. The molecule has 1 amide bonds. The smallest absolute Gasteiger partial charge is 0.225 e. The molecule has 2 rings (SSSR count). The first-order valence-corrected chi connectivity index (χ1v) is 7.64. The fourth-order valence-electron chi connectivity index (χ4n) is 2.02. The first-order chi connectivity index (χ1) is 9.97. The summed E-state index contributed by atoms with van der Waals surface area (Å²) in [5.41, 5.74) is 10.1. The summed E-state index contributed by atoms with van der Waals surface area (Å²) in [6.07, 6.45) is 2.61. The van der Waals surface area contributed by atoms with Crippen LogP contribution in [0.1, 0.15) is 28.9 Å². The maximum absolute atomic E-state index is 10.9. The first-order valence-electron chi connectivity index (χ1n) is 6.76. The number of nitrogens with zero attached hydrogens (tertiary/aromatic N) is 3. The largest absolute Gasteiger partial charge is 0.383 e. The van der Waals surface area contributed by atoms with Gasteiger partial charge < -0.3 is 11.1 Å². The van der Waals surface area contributed by atoms with Gasteiger partial charge in [-0.1, -0.05) is 11.3 Å². The predicted octanol–water partition coefficient (Wildman–Crippen LogP) is 0.752. The number of carbonyl (C=O) groups excluding carboxylic acids is 1. The normalized spacial score (nSPS) is 10.6. The van der Waals surface area contributed by atoms with E-state index >= 15 is 0 Å². The first kappa shape index (κ1) is 15.4. The number of carbonyl (C=O) groups is 1. The Bertz CT molecular complexity index is 653.